The third-order valence-corrected chi connectivity index (χ3v) is 3.65. The summed E-state index contributed by atoms with van der Waals surface area (Å²) in [4.78, 5) is 23.0. The number of halogens is 1. The summed E-state index contributed by atoms with van der Waals surface area (Å²) in [6.07, 6.45) is 5.20. The zero-order valence-electron chi connectivity index (χ0n) is 9.83. The molecule has 1 aliphatic heterocycles. The average Bonchev–Trinajstić information content (AvgIpc) is 2.88. The molecule has 0 spiro atoms. The highest BCUT2D eigenvalue weighted by molar-refractivity contribution is 5.91. The van der Waals surface area contributed by atoms with Gasteiger partial charge in [-0.2, -0.15) is 0 Å². The first-order chi connectivity index (χ1) is 7.65. The summed E-state index contributed by atoms with van der Waals surface area (Å²) in [5, 5.41) is 5.70. The Labute approximate surface area is 107 Å². The Morgan fingerprint density at radius 3 is 2.59 bits per heavy atom. The Bertz CT molecular complexity index is 303. The lowest BCUT2D eigenvalue weighted by Crippen LogP contribution is -2.56. The quantitative estimate of drug-likeness (QED) is 0.672. The zero-order valence-corrected chi connectivity index (χ0v) is 10.6. The van der Waals surface area contributed by atoms with Crippen molar-refractivity contribution in [3.63, 3.8) is 0 Å². The van der Waals surface area contributed by atoms with E-state index in [4.69, 9.17) is 5.73 Å². The predicted molar refractivity (Wildman–Crippen MR) is 66.8 cm³/mol. The van der Waals surface area contributed by atoms with Crippen molar-refractivity contribution in [2.45, 2.75) is 50.1 Å². The maximum atomic E-state index is 11.9. The van der Waals surface area contributed by atoms with E-state index in [2.05, 4.69) is 10.6 Å². The van der Waals surface area contributed by atoms with Crippen molar-refractivity contribution in [1.82, 2.24) is 10.6 Å². The van der Waals surface area contributed by atoms with Gasteiger partial charge in [0, 0.05) is 13.0 Å². The summed E-state index contributed by atoms with van der Waals surface area (Å²) in [7, 11) is 0. The highest BCUT2D eigenvalue weighted by atomic mass is 35.5. The van der Waals surface area contributed by atoms with Gasteiger partial charge in [-0.1, -0.05) is 12.8 Å². The van der Waals surface area contributed by atoms with Crippen molar-refractivity contribution in [3.05, 3.63) is 0 Å². The van der Waals surface area contributed by atoms with Crippen LogP contribution in [0.15, 0.2) is 0 Å². The van der Waals surface area contributed by atoms with Crippen LogP contribution in [0.1, 0.15) is 38.5 Å². The van der Waals surface area contributed by atoms with Crippen LogP contribution in [-0.2, 0) is 9.59 Å². The van der Waals surface area contributed by atoms with Gasteiger partial charge in [-0.15, -0.1) is 12.4 Å². The molecule has 5 nitrogen and oxygen atoms in total. The molecular formula is C11H20ClN3O2. The SMILES string of the molecule is Cl.NCC1(NC(=O)[C@@H]2CCC(=O)N2)CCCC1. The standard InChI is InChI=1S/C11H19N3O2.ClH/c12-7-11(5-1-2-6-11)14-10(16)8-3-4-9(15)13-8;/h8H,1-7,12H2,(H,13,15)(H,14,16);1H/t8-;/m0./s1. The summed E-state index contributed by atoms with van der Waals surface area (Å²) in [5.41, 5.74) is 5.52. The minimum absolute atomic E-state index is 0. The Balaban J connectivity index is 0.00000144. The second kappa shape index (κ2) is 5.69. The van der Waals surface area contributed by atoms with Crippen LogP contribution < -0.4 is 16.4 Å². The molecule has 2 fully saturated rings. The van der Waals surface area contributed by atoms with Gasteiger partial charge in [0.15, 0.2) is 0 Å². The maximum absolute atomic E-state index is 11.9. The van der Waals surface area contributed by atoms with Gasteiger partial charge in [0.2, 0.25) is 11.8 Å². The molecule has 0 aromatic rings. The lowest BCUT2D eigenvalue weighted by atomic mass is 9.97. The number of hydrogen-bond donors (Lipinski definition) is 3. The highest BCUT2D eigenvalue weighted by Crippen LogP contribution is 2.28. The number of nitrogens with one attached hydrogen (secondary N) is 2. The van der Waals surface area contributed by atoms with E-state index in [9.17, 15) is 9.59 Å². The molecule has 2 amide bonds. The molecule has 6 heteroatoms. The minimum atomic E-state index is -0.350. The fourth-order valence-electron chi connectivity index (χ4n) is 2.59. The Kier molecular flexibility index (Phi) is 4.77. The molecule has 1 saturated carbocycles. The number of carbonyl (C=O) groups is 2. The van der Waals surface area contributed by atoms with Gasteiger partial charge >= 0.3 is 0 Å². The van der Waals surface area contributed by atoms with Gasteiger partial charge in [-0.25, -0.2) is 0 Å². The summed E-state index contributed by atoms with van der Waals surface area (Å²) < 4.78 is 0. The van der Waals surface area contributed by atoms with E-state index in [1.165, 1.54) is 0 Å². The Morgan fingerprint density at radius 1 is 1.47 bits per heavy atom. The molecule has 1 atom stereocenters. The van der Waals surface area contributed by atoms with E-state index >= 15 is 0 Å². The molecule has 17 heavy (non-hydrogen) atoms. The molecule has 1 heterocycles. The molecule has 98 valence electrons. The van der Waals surface area contributed by atoms with Gasteiger partial charge in [-0.05, 0) is 19.3 Å². The summed E-state index contributed by atoms with van der Waals surface area (Å²) in [5.74, 6) is -0.105. The number of nitrogens with two attached hydrogens (primary N) is 1. The van der Waals surface area contributed by atoms with Crippen molar-refractivity contribution in [2.75, 3.05) is 6.54 Å². The topological polar surface area (TPSA) is 84.2 Å². The van der Waals surface area contributed by atoms with Crippen molar-refractivity contribution in [2.24, 2.45) is 5.73 Å². The molecule has 0 aromatic heterocycles. The van der Waals surface area contributed by atoms with Gasteiger partial charge in [0.25, 0.3) is 0 Å². The average molecular weight is 262 g/mol. The van der Waals surface area contributed by atoms with E-state index in [0.717, 1.165) is 25.7 Å². The van der Waals surface area contributed by atoms with E-state index in [0.29, 0.717) is 19.4 Å². The van der Waals surface area contributed by atoms with Gasteiger partial charge < -0.3 is 16.4 Å². The van der Waals surface area contributed by atoms with Crippen LogP contribution in [0.2, 0.25) is 0 Å². The molecule has 2 rings (SSSR count). The normalized spacial score (nSPS) is 26.2. The monoisotopic (exact) mass is 261 g/mol. The molecule has 1 aliphatic carbocycles. The minimum Gasteiger partial charge on any atom is -0.348 e. The summed E-state index contributed by atoms with van der Waals surface area (Å²) >= 11 is 0. The molecule has 1 saturated heterocycles. The van der Waals surface area contributed by atoms with Gasteiger partial charge in [0.1, 0.15) is 6.04 Å². The number of carbonyl (C=O) groups excluding carboxylic acids is 2. The molecule has 0 unspecified atom stereocenters. The fraction of sp³-hybridized carbons (Fsp3) is 0.818. The number of rotatable bonds is 3. The second-order valence-electron chi connectivity index (χ2n) is 4.84. The Morgan fingerprint density at radius 2 is 2.12 bits per heavy atom. The first-order valence-electron chi connectivity index (χ1n) is 5.97. The van der Waals surface area contributed by atoms with Crippen molar-refractivity contribution >= 4 is 24.2 Å². The van der Waals surface area contributed by atoms with Gasteiger partial charge in [-0.3, -0.25) is 9.59 Å². The summed E-state index contributed by atoms with van der Waals surface area (Å²) in [6, 6.07) is -0.350. The zero-order chi connectivity index (χ0) is 11.6. The highest BCUT2D eigenvalue weighted by Gasteiger charge is 2.37. The Hall–Kier alpha value is -0.810. The molecule has 2 aliphatic rings. The predicted octanol–water partition coefficient (Wildman–Crippen LogP) is 0.0745. The van der Waals surface area contributed by atoms with E-state index < -0.39 is 0 Å². The molecule has 0 radical (unpaired) electrons. The molecule has 0 aromatic carbocycles. The fourth-order valence-corrected chi connectivity index (χ4v) is 2.59. The third kappa shape index (κ3) is 3.10. The number of hydrogen-bond acceptors (Lipinski definition) is 3. The van der Waals surface area contributed by atoms with Crippen LogP contribution in [-0.4, -0.2) is 29.9 Å². The smallest absolute Gasteiger partial charge is 0.243 e. The van der Waals surface area contributed by atoms with Crippen LogP contribution in [0, 0.1) is 0 Å². The molecular weight excluding hydrogens is 242 g/mol. The lowest BCUT2D eigenvalue weighted by molar-refractivity contribution is -0.127. The largest absolute Gasteiger partial charge is 0.348 e. The summed E-state index contributed by atoms with van der Waals surface area (Å²) in [6.45, 7) is 0.486. The van der Waals surface area contributed by atoms with Crippen LogP contribution in [0.3, 0.4) is 0 Å². The van der Waals surface area contributed by atoms with Crippen LogP contribution in [0.25, 0.3) is 0 Å². The van der Waals surface area contributed by atoms with E-state index in [-0.39, 0.29) is 35.8 Å². The van der Waals surface area contributed by atoms with Crippen molar-refractivity contribution in [1.29, 1.82) is 0 Å². The second-order valence-corrected chi connectivity index (χ2v) is 4.84. The maximum Gasteiger partial charge on any atom is 0.243 e. The molecule has 4 N–H and O–H groups in total. The van der Waals surface area contributed by atoms with Crippen LogP contribution in [0.4, 0.5) is 0 Å². The van der Waals surface area contributed by atoms with Crippen LogP contribution in [0.5, 0.6) is 0 Å². The first-order valence-corrected chi connectivity index (χ1v) is 5.97. The van der Waals surface area contributed by atoms with Crippen LogP contribution >= 0.6 is 12.4 Å². The van der Waals surface area contributed by atoms with Gasteiger partial charge in [0.05, 0.1) is 5.54 Å². The third-order valence-electron chi connectivity index (χ3n) is 3.65. The molecule has 0 bridgehead atoms. The lowest BCUT2D eigenvalue weighted by Gasteiger charge is -2.30. The van der Waals surface area contributed by atoms with Crippen molar-refractivity contribution < 1.29 is 9.59 Å². The first kappa shape index (κ1) is 14.3. The van der Waals surface area contributed by atoms with Crippen molar-refractivity contribution in [3.8, 4) is 0 Å². The van der Waals surface area contributed by atoms with E-state index in [1.54, 1.807) is 0 Å². The van der Waals surface area contributed by atoms with E-state index in [1.807, 2.05) is 0 Å². The number of amides is 2.